The third-order valence-corrected chi connectivity index (χ3v) is 2.90. The molecule has 18 heavy (non-hydrogen) atoms. The molecule has 1 saturated heterocycles. The fraction of sp³-hybridized carbons (Fsp3) is 0.273. The van der Waals surface area contributed by atoms with Crippen molar-refractivity contribution in [2.45, 2.75) is 6.04 Å². The third-order valence-electron chi connectivity index (χ3n) is 2.71. The zero-order chi connectivity index (χ0) is 12.4. The summed E-state index contributed by atoms with van der Waals surface area (Å²) in [5.74, 6) is 1.50. The lowest BCUT2D eigenvalue weighted by atomic mass is 10.1. The second-order valence-corrected chi connectivity index (χ2v) is 4.47. The second-order valence-electron chi connectivity index (χ2n) is 4.03. The number of aromatic nitrogens is 4. The van der Waals surface area contributed by atoms with Gasteiger partial charge in [0.2, 0.25) is 5.95 Å². The van der Waals surface area contributed by atoms with Gasteiger partial charge in [-0.05, 0) is 0 Å². The van der Waals surface area contributed by atoms with Crippen LogP contribution in [0.2, 0.25) is 5.02 Å². The summed E-state index contributed by atoms with van der Waals surface area (Å²) in [5, 5.41) is 3.77. The van der Waals surface area contributed by atoms with Crippen LogP contribution in [-0.4, -0.2) is 39.1 Å². The molecule has 1 fully saturated rings. The SMILES string of the molecule is Clc1cnc(NC2CN(c3cnccn3)C2)nc1. The molecule has 2 aromatic heterocycles. The molecule has 0 bridgehead atoms. The number of anilines is 2. The van der Waals surface area contributed by atoms with E-state index in [1.807, 2.05) is 0 Å². The van der Waals surface area contributed by atoms with E-state index in [-0.39, 0.29) is 0 Å². The minimum absolute atomic E-state index is 0.327. The first-order chi connectivity index (χ1) is 8.81. The molecule has 92 valence electrons. The molecule has 3 rings (SSSR count). The lowest BCUT2D eigenvalue weighted by Gasteiger charge is -2.40. The smallest absolute Gasteiger partial charge is 0.223 e. The molecule has 0 radical (unpaired) electrons. The van der Waals surface area contributed by atoms with Gasteiger partial charge in [-0.15, -0.1) is 0 Å². The average molecular weight is 263 g/mol. The molecule has 0 unspecified atom stereocenters. The molecule has 3 heterocycles. The second kappa shape index (κ2) is 4.73. The normalized spacial score (nSPS) is 15.3. The largest absolute Gasteiger partial charge is 0.351 e. The van der Waals surface area contributed by atoms with Gasteiger partial charge in [-0.1, -0.05) is 11.6 Å². The quantitative estimate of drug-likeness (QED) is 0.897. The van der Waals surface area contributed by atoms with Crippen molar-refractivity contribution in [2.75, 3.05) is 23.3 Å². The van der Waals surface area contributed by atoms with Gasteiger partial charge in [-0.2, -0.15) is 0 Å². The molecule has 0 atom stereocenters. The van der Waals surface area contributed by atoms with Gasteiger partial charge in [0.1, 0.15) is 5.82 Å². The Morgan fingerprint density at radius 1 is 1.11 bits per heavy atom. The highest BCUT2D eigenvalue weighted by atomic mass is 35.5. The molecular weight excluding hydrogens is 252 g/mol. The van der Waals surface area contributed by atoms with Crippen LogP contribution in [0.4, 0.5) is 11.8 Å². The monoisotopic (exact) mass is 262 g/mol. The van der Waals surface area contributed by atoms with Gasteiger partial charge in [0.25, 0.3) is 0 Å². The van der Waals surface area contributed by atoms with Crippen LogP contribution in [0, 0.1) is 0 Å². The molecule has 1 aliphatic heterocycles. The first-order valence-corrected chi connectivity index (χ1v) is 5.94. The van der Waals surface area contributed by atoms with E-state index in [0.717, 1.165) is 18.9 Å². The van der Waals surface area contributed by atoms with E-state index in [0.29, 0.717) is 17.0 Å². The molecule has 0 aliphatic carbocycles. The van der Waals surface area contributed by atoms with Crippen LogP contribution in [0.1, 0.15) is 0 Å². The predicted molar refractivity (Wildman–Crippen MR) is 68.7 cm³/mol. The number of hydrogen-bond donors (Lipinski definition) is 1. The van der Waals surface area contributed by atoms with Crippen molar-refractivity contribution in [1.29, 1.82) is 0 Å². The fourth-order valence-electron chi connectivity index (χ4n) is 1.78. The lowest BCUT2D eigenvalue weighted by Crippen LogP contribution is -2.55. The van der Waals surface area contributed by atoms with Crippen LogP contribution >= 0.6 is 11.6 Å². The number of halogens is 1. The van der Waals surface area contributed by atoms with Crippen molar-refractivity contribution in [1.82, 2.24) is 19.9 Å². The topological polar surface area (TPSA) is 66.8 Å². The third kappa shape index (κ3) is 2.33. The van der Waals surface area contributed by atoms with Crippen LogP contribution in [0.3, 0.4) is 0 Å². The van der Waals surface area contributed by atoms with Crippen LogP contribution in [-0.2, 0) is 0 Å². The van der Waals surface area contributed by atoms with E-state index in [2.05, 4.69) is 30.2 Å². The highest BCUT2D eigenvalue weighted by molar-refractivity contribution is 6.30. The van der Waals surface area contributed by atoms with Crippen LogP contribution < -0.4 is 10.2 Å². The van der Waals surface area contributed by atoms with Crippen molar-refractivity contribution >= 4 is 23.4 Å². The summed E-state index contributed by atoms with van der Waals surface area (Å²) >= 11 is 5.72. The number of nitrogens with zero attached hydrogens (tertiary/aromatic N) is 5. The summed E-state index contributed by atoms with van der Waals surface area (Å²) in [7, 11) is 0. The van der Waals surface area contributed by atoms with Crippen molar-refractivity contribution in [3.63, 3.8) is 0 Å². The summed E-state index contributed by atoms with van der Waals surface area (Å²) in [5.41, 5.74) is 0. The number of rotatable bonds is 3. The Hall–Kier alpha value is -1.95. The minimum atomic E-state index is 0.327. The van der Waals surface area contributed by atoms with E-state index in [1.165, 1.54) is 0 Å². The Bertz CT molecular complexity index is 511. The van der Waals surface area contributed by atoms with Crippen LogP contribution in [0.25, 0.3) is 0 Å². The molecule has 0 spiro atoms. The Kier molecular flexibility index (Phi) is 2.93. The van der Waals surface area contributed by atoms with Crippen molar-refractivity contribution in [3.8, 4) is 0 Å². The Labute approximate surface area is 109 Å². The van der Waals surface area contributed by atoms with Gasteiger partial charge < -0.3 is 10.2 Å². The summed E-state index contributed by atoms with van der Waals surface area (Å²) in [6.07, 6.45) is 8.28. The Morgan fingerprint density at radius 2 is 1.89 bits per heavy atom. The fourth-order valence-corrected chi connectivity index (χ4v) is 1.88. The van der Waals surface area contributed by atoms with E-state index in [4.69, 9.17) is 11.6 Å². The standard InChI is InChI=1S/C11H11ClN6/c12-8-3-15-11(16-4-8)17-9-6-18(7-9)10-5-13-1-2-14-10/h1-5,9H,6-7H2,(H,15,16,17). The van der Waals surface area contributed by atoms with E-state index in [9.17, 15) is 0 Å². The van der Waals surface area contributed by atoms with Crippen molar-refractivity contribution in [2.24, 2.45) is 0 Å². The van der Waals surface area contributed by atoms with Gasteiger partial charge in [0.15, 0.2) is 0 Å². The van der Waals surface area contributed by atoms with Gasteiger partial charge in [0.05, 0.1) is 29.7 Å². The maximum absolute atomic E-state index is 5.72. The first-order valence-electron chi connectivity index (χ1n) is 5.56. The maximum Gasteiger partial charge on any atom is 0.223 e. The molecule has 6 nitrogen and oxygen atoms in total. The number of hydrogen-bond acceptors (Lipinski definition) is 6. The number of nitrogens with one attached hydrogen (secondary N) is 1. The average Bonchev–Trinajstić information content (AvgIpc) is 2.36. The molecule has 0 aromatic carbocycles. The summed E-state index contributed by atoms with van der Waals surface area (Å²) in [4.78, 5) is 18.6. The van der Waals surface area contributed by atoms with Crippen molar-refractivity contribution in [3.05, 3.63) is 36.0 Å². The van der Waals surface area contributed by atoms with Crippen molar-refractivity contribution < 1.29 is 0 Å². The molecular formula is C11H11ClN6. The molecule has 1 N–H and O–H groups in total. The summed E-state index contributed by atoms with van der Waals surface area (Å²) in [6.45, 7) is 1.73. The predicted octanol–water partition coefficient (Wildman–Crippen LogP) is 1.22. The lowest BCUT2D eigenvalue weighted by molar-refractivity contribution is 0.540. The highest BCUT2D eigenvalue weighted by Gasteiger charge is 2.28. The Morgan fingerprint density at radius 3 is 2.56 bits per heavy atom. The minimum Gasteiger partial charge on any atom is -0.351 e. The summed E-state index contributed by atoms with van der Waals surface area (Å²) < 4.78 is 0. The maximum atomic E-state index is 5.72. The van der Waals surface area contributed by atoms with Gasteiger partial charge in [0, 0.05) is 25.5 Å². The van der Waals surface area contributed by atoms with E-state index < -0.39 is 0 Å². The first kappa shape index (κ1) is 11.2. The zero-order valence-electron chi connectivity index (χ0n) is 9.49. The molecule has 0 saturated carbocycles. The molecule has 2 aromatic rings. The zero-order valence-corrected chi connectivity index (χ0v) is 10.2. The molecule has 7 heteroatoms. The van der Waals surface area contributed by atoms with E-state index in [1.54, 1.807) is 31.0 Å². The highest BCUT2D eigenvalue weighted by Crippen LogP contribution is 2.18. The van der Waals surface area contributed by atoms with E-state index >= 15 is 0 Å². The van der Waals surface area contributed by atoms with Crippen LogP contribution in [0.5, 0.6) is 0 Å². The summed E-state index contributed by atoms with van der Waals surface area (Å²) in [6, 6.07) is 0.327. The van der Waals surface area contributed by atoms with Crippen LogP contribution in [0.15, 0.2) is 31.0 Å². The molecule has 0 amide bonds. The Balaban J connectivity index is 1.55. The van der Waals surface area contributed by atoms with Gasteiger partial charge in [-0.3, -0.25) is 4.98 Å². The van der Waals surface area contributed by atoms with Gasteiger partial charge in [-0.25, -0.2) is 15.0 Å². The van der Waals surface area contributed by atoms with Gasteiger partial charge >= 0.3 is 0 Å². The molecule has 1 aliphatic rings.